The van der Waals surface area contributed by atoms with E-state index in [1.165, 1.54) is 23.8 Å². The smallest absolute Gasteiger partial charge is 0.235 e. The fourth-order valence-electron chi connectivity index (χ4n) is 2.54. The molecule has 0 bridgehead atoms. The minimum absolute atomic E-state index is 0.0523. The zero-order valence-corrected chi connectivity index (χ0v) is 14.2. The van der Waals surface area contributed by atoms with Gasteiger partial charge in [-0.05, 0) is 42.2 Å². The molecule has 24 heavy (non-hydrogen) atoms. The molecular formula is C20H20O4. The summed E-state index contributed by atoms with van der Waals surface area (Å²) in [4.78, 5) is 12.6. The van der Waals surface area contributed by atoms with Crippen LogP contribution in [0.25, 0.3) is 11.0 Å². The van der Waals surface area contributed by atoms with Gasteiger partial charge < -0.3 is 14.3 Å². The van der Waals surface area contributed by atoms with Gasteiger partial charge in [-0.1, -0.05) is 32.9 Å². The number of ether oxygens (including phenoxy) is 1. The van der Waals surface area contributed by atoms with E-state index in [0.29, 0.717) is 22.5 Å². The summed E-state index contributed by atoms with van der Waals surface area (Å²) >= 11 is 0. The first kappa shape index (κ1) is 16.1. The van der Waals surface area contributed by atoms with E-state index in [1.54, 1.807) is 6.92 Å². The summed E-state index contributed by atoms with van der Waals surface area (Å²) in [6.07, 6.45) is 0. The average molecular weight is 324 g/mol. The van der Waals surface area contributed by atoms with E-state index in [-0.39, 0.29) is 22.3 Å². The van der Waals surface area contributed by atoms with Gasteiger partial charge in [0.2, 0.25) is 11.2 Å². The van der Waals surface area contributed by atoms with Gasteiger partial charge in [0, 0.05) is 6.07 Å². The zero-order valence-electron chi connectivity index (χ0n) is 14.2. The van der Waals surface area contributed by atoms with Crippen molar-refractivity contribution in [2.75, 3.05) is 0 Å². The Balaban J connectivity index is 2.01. The van der Waals surface area contributed by atoms with Crippen molar-refractivity contribution in [2.24, 2.45) is 0 Å². The number of phenols is 1. The van der Waals surface area contributed by atoms with Gasteiger partial charge in [-0.2, -0.15) is 0 Å². The highest BCUT2D eigenvalue weighted by atomic mass is 16.5. The molecule has 0 unspecified atom stereocenters. The van der Waals surface area contributed by atoms with Crippen LogP contribution >= 0.6 is 0 Å². The summed E-state index contributed by atoms with van der Waals surface area (Å²) in [5, 5.41) is 9.89. The fourth-order valence-corrected chi connectivity index (χ4v) is 2.54. The Kier molecular flexibility index (Phi) is 3.84. The van der Waals surface area contributed by atoms with Gasteiger partial charge in [0.15, 0.2) is 0 Å². The number of hydrogen-bond donors (Lipinski definition) is 1. The summed E-state index contributed by atoms with van der Waals surface area (Å²) in [6.45, 7) is 8.09. The minimum Gasteiger partial charge on any atom is -0.508 e. The van der Waals surface area contributed by atoms with Crippen LogP contribution in [0.1, 0.15) is 32.1 Å². The van der Waals surface area contributed by atoms with Crippen LogP contribution in [-0.4, -0.2) is 5.11 Å². The number of aromatic hydroxyl groups is 1. The number of phenolic OH excluding ortho intramolecular Hbond substituents is 1. The maximum atomic E-state index is 12.6. The molecular weight excluding hydrogens is 304 g/mol. The maximum Gasteiger partial charge on any atom is 0.235 e. The Morgan fingerprint density at radius 1 is 1.04 bits per heavy atom. The molecule has 4 nitrogen and oxygen atoms in total. The van der Waals surface area contributed by atoms with E-state index in [1.807, 2.05) is 24.3 Å². The van der Waals surface area contributed by atoms with Crippen LogP contribution in [-0.2, 0) is 5.41 Å². The largest absolute Gasteiger partial charge is 0.508 e. The average Bonchev–Trinajstić information content (AvgIpc) is 2.50. The van der Waals surface area contributed by atoms with Gasteiger partial charge in [0.05, 0.1) is 5.39 Å². The molecule has 0 radical (unpaired) electrons. The number of fused-ring (bicyclic) bond motifs is 1. The van der Waals surface area contributed by atoms with E-state index < -0.39 is 0 Å². The third-order valence-corrected chi connectivity index (χ3v) is 3.94. The van der Waals surface area contributed by atoms with Crippen molar-refractivity contribution in [3.8, 4) is 17.2 Å². The molecule has 0 saturated carbocycles. The Morgan fingerprint density at radius 3 is 2.33 bits per heavy atom. The molecule has 0 aliphatic rings. The molecule has 0 spiro atoms. The topological polar surface area (TPSA) is 59.7 Å². The maximum absolute atomic E-state index is 12.6. The van der Waals surface area contributed by atoms with Crippen LogP contribution in [0.2, 0.25) is 0 Å². The summed E-state index contributed by atoms with van der Waals surface area (Å²) in [7, 11) is 0. The molecule has 0 amide bonds. The predicted molar refractivity (Wildman–Crippen MR) is 94.1 cm³/mol. The van der Waals surface area contributed by atoms with Gasteiger partial charge in [0.1, 0.15) is 22.8 Å². The molecule has 124 valence electrons. The van der Waals surface area contributed by atoms with Gasteiger partial charge in [-0.15, -0.1) is 0 Å². The predicted octanol–water partition coefficient (Wildman–Crippen LogP) is 4.90. The lowest BCUT2D eigenvalue weighted by Gasteiger charge is -2.19. The second-order valence-corrected chi connectivity index (χ2v) is 6.87. The third-order valence-electron chi connectivity index (χ3n) is 3.94. The zero-order chi connectivity index (χ0) is 17.5. The molecule has 0 aliphatic carbocycles. The molecule has 2 aromatic carbocycles. The van der Waals surface area contributed by atoms with Crippen LogP contribution in [0.3, 0.4) is 0 Å². The highest BCUT2D eigenvalue weighted by molar-refractivity contribution is 5.79. The van der Waals surface area contributed by atoms with Crippen LogP contribution in [0.5, 0.6) is 17.2 Å². The van der Waals surface area contributed by atoms with Crippen molar-refractivity contribution in [2.45, 2.75) is 33.1 Å². The Labute approximate surface area is 140 Å². The van der Waals surface area contributed by atoms with E-state index in [4.69, 9.17) is 9.15 Å². The number of rotatable bonds is 2. The monoisotopic (exact) mass is 324 g/mol. The summed E-state index contributed by atoms with van der Waals surface area (Å²) in [5.74, 6) is 1.17. The molecule has 0 atom stereocenters. The second kappa shape index (κ2) is 5.71. The first-order valence-electron chi connectivity index (χ1n) is 7.80. The number of aryl methyl sites for hydroxylation is 1. The molecule has 0 saturated heterocycles. The summed E-state index contributed by atoms with van der Waals surface area (Å²) in [5.41, 5.74) is 1.33. The lowest BCUT2D eigenvalue weighted by Crippen LogP contribution is -2.11. The quantitative estimate of drug-likeness (QED) is 0.728. The molecule has 1 aromatic heterocycles. The summed E-state index contributed by atoms with van der Waals surface area (Å²) in [6, 6.07) is 12.1. The number of benzene rings is 2. The molecule has 4 heteroatoms. The summed E-state index contributed by atoms with van der Waals surface area (Å²) < 4.78 is 11.4. The lowest BCUT2D eigenvalue weighted by molar-refractivity contribution is 0.434. The first-order chi connectivity index (χ1) is 11.3. The van der Waals surface area contributed by atoms with E-state index in [2.05, 4.69) is 20.8 Å². The SMILES string of the molecule is Cc1oc2cc(O)ccc2c(=O)c1Oc1ccc(C(C)(C)C)cc1. The Hall–Kier alpha value is -2.75. The number of hydrogen-bond acceptors (Lipinski definition) is 4. The molecule has 3 aromatic rings. The lowest BCUT2D eigenvalue weighted by atomic mass is 9.87. The van der Waals surface area contributed by atoms with Crippen molar-refractivity contribution in [3.05, 3.63) is 64.0 Å². The molecule has 0 aliphatic heterocycles. The Bertz CT molecular complexity index is 944. The standard InChI is InChI=1S/C20H20O4/c1-12-19(18(22)16-10-7-14(21)11-17(16)23-12)24-15-8-5-13(6-9-15)20(2,3)4/h5-11,21H,1-4H3. The van der Waals surface area contributed by atoms with Crippen molar-refractivity contribution in [3.63, 3.8) is 0 Å². The minimum atomic E-state index is -0.256. The van der Waals surface area contributed by atoms with E-state index >= 15 is 0 Å². The van der Waals surface area contributed by atoms with Gasteiger partial charge in [-0.3, -0.25) is 4.79 Å². The highest BCUT2D eigenvalue weighted by Gasteiger charge is 2.16. The van der Waals surface area contributed by atoms with Gasteiger partial charge >= 0.3 is 0 Å². The first-order valence-corrected chi connectivity index (χ1v) is 7.80. The van der Waals surface area contributed by atoms with Crippen molar-refractivity contribution < 1.29 is 14.3 Å². The fraction of sp³-hybridized carbons (Fsp3) is 0.250. The normalized spacial score (nSPS) is 11.7. The van der Waals surface area contributed by atoms with Crippen molar-refractivity contribution >= 4 is 11.0 Å². The van der Waals surface area contributed by atoms with Gasteiger partial charge in [0.25, 0.3) is 0 Å². The second-order valence-electron chi connectivity index (χ2n) is 6.87. The van der Waals surface area contributed by atoms with E-state index in [9.17, 15) is 9.90 Å². The van der Waals surface area contributed by atoms with Gasteiger partial charge in [-0.25, -0.2) is 0 Å². The highest BCUT2D eigenvalue weighted by Crippen LogP contribution is 2.29. The molecule has 3 rings (SSSR count). The van der Waals surface area contributed by atoms with Crippen LogP contribution in [0.15, 0.2) is 51.7 Å². The van der Waals surface area contributed by atoms with Crippen molar-refractivity contribution in [1.82, 2.24) is 0 Å². The molecule has 1 heterocycles. The van der Waals surface area contributed by atoms with Crippen LogP contribution in [0.4, 0.5) is 0 Å². The molecule has 1 N–H and O–H groups in total. The Morgan fingerprint density at radius 2 is 1.71 bits per heavy atom. The van der Waals surface area contributed by atoms with Crippen molar-refractivity contribution in [1.29, 1.82) is 0 Å². The van der Waals surface area contributed by atoms with Crippen LogP contribution < -0.4 is 10.2 Å². The third kappa shape index (κ3) is 3.00. The molecule has 0 fully saturated rings. The van der Waals surface area contributed by atoms with Crippen LogP contribution in [0, 0.1) is 6.92 Å². The van der Waals surface area contributed by atoms with E-state index in [0.717, 1.165) is 0 Å².